The van der Waals surface area contributed by atoms with Crippen LogP contribution < -0.4 is 0 Å². The van der Waals surface area contributed by atoms with Gasteiger partial charge >= 0.3 is 0 Å². The van der Waals surface area contributed by atoms with E-state index in [-0.39, 0.29) is 5.91 Å². The quantitative estimate of drug-likeness (QED) is 0.848. The van der Waals surface area contributed by atoms with Gasteiger partial charge in [0.05, 0.1) is 0 Å². The minimum atomic E-state index is 0.0477. The SMILES string of the molecule is O=C(c1cccnn1)N1CC[C@H](c2ccccc2)[C@H]2CCCC[C@H]21. The summed E-state index contributed by atoms with van der Waals surface area (Å²) in [7, 11) is 0. The normalized spacial score (nSPS) is 26.7. The fourth-order valence-electron chi connectivity index (χ4n) is 4.58. The molecule has 2 aliphatic rings. The van der Waals surface area contributed by atoms with Crippen molar-refractivity contribution in [1.29, 1.82) is 0 Å². The Bertz CT molecular complexity index is 689. The van der Waals surface area contributed by atoms with E-state index in [1.165, 1.54) is 24.8 Å². The number of carbonyl (C=O) groups excluding carboxylic acids is 1. The summed E-state index contributed by atoms with van der Waals surface area (Å²) < 4.78 is 0. The third kappa shape index (κ3) is 2.81. The molecule has 1 aromatic heterocycles. The van der Waals surface area contributed by atoms with Crippen LogP contribution >= 0.6 is 0 Å². The Morgan fingerprint density at radius 1 is 1.00 bits per heavy atom. The maximum Gasteiger partial charge on any atom is 0.274 e. The van der Waals surface area contributed by atoms with Gasteiger partial charge in [0.15, 0.2) is 5.69 Å². The molecule has 0 radical (unpaired) electrons. The number of rotatable bonds is 2. The highest BCUT2D eigenvalue weighted by Crippen LogP contribution is 2.44. The number of likely N-dealkylation sites (tertiary alicyclic amines) is 1. The van der Waals surface area contributed by atoms with E-state index in [1.807, 2.05) is 0 Å². The molecule has 0 N–H and O–H groups in total. The van der Waals surface area contributed by atoms with Crippen LogP contribution in [0.1, 0.15) is 54.1 Å². The van der Waals surface area contributed by atoms with Gasteiger partial charge in [0, 0.05) is 18.8 Å². The summed E-state index contributed by atoms with van der Waals surface area (Å²) >= 11 is 0. The predicted octanol–water partition coefficient (Wildman–Crippen LogP) is 3.67. The molecule has 4 nitrogen and oxygen atoms in total. The lowest BCUT2D eigenvalue weighted by Gasteiger charge is -2.48. The van der Waals surface area contributed by atoms with Gasteiger partial charge in [-0.3, -0.25) is 4.79 Å². The van der Waals surface area contributed by atoms with Crippen LogP contribution in [0.15, 0.2) is 48.7 Å². The van der Waals surface area contributed by atoms with Crippen molar-refractivity contribution in [3.8, 4) is 0 Å². The van der Waals surface area contributed by atoms with Crippen molar-refractivity contribution in [2.45, 2.75) is 44.1 Å². The van der Waals surface area contributed by atoms with Crippen molar-refractivity contribution in [2.75, 3.05) is 6.54 Å². The van der Waals surface area contributed by atoms with Crippen LogP contribution in [-0.2, 0) is 0 Å². The van der Waals surface area contributed by atoms with Crippen LogP contribution in [-0.4, -0.2) is 33.6 Å². The van der Waals surface area contributed by atoms with Gasteiger partial charge in [0.25, 0.3) is 5.91 Å². The van der Waals surface area contributed by atoms with E-state index >= 15 is 0 Å². The first-order valence-electron chi connectivity index (χ1n) is 8.98. The smallest absolute Gasteiger partial charge is 0.274 e. The molecule has 2 aromatic rings. The molecular weight excluding hydrogens is 298 g/mol. The lowest BCUT2D eigenvalue weighted by Crippen LogP contribution is -2.52. The molecular formula is C20H23N3O. The van der Waals surface area contributed by atoms with Gasteiger partial charge in [-0.1, -0.05) is 43.2 Å². The number of benzene rings is 1. The van der Waals surface area contributed by atoms with Crippen molar-refractivity contribution in [1.82, 2.24) is 15.1 Å². The van der Waals surface area contributed by atoms with Gasteiger partial charge in [-0.25, -0.2) is 0 Å². The molecule has 0 spiro atoms. The second-order valence-electron chi connectivity index (χ2n) is 6.93. The van der Waals surface area contributed by atoms with Crippen molar-refractivity contribution in [3.05, 3.63) is 59.9 Å². The molecule has 1 saturated carbocycles. The number of fused-ring (bicyclic) bond motifs is 1. The molecule has 1 aliphatic carbocycles. The molecule has 3 atom stereocenters. The molecule has 1 saturated heterocycles. The summed E-state index contributed by atoms with van der Waals surface area (Å²) in [6.07, 6.45) is 7.47. The van der Waals surface area contributed by atoms with Crippen LogP contribution in [0, 0.1) is 5.92 Å². The monoisotopic (exact) mass is 321 g/mol. The number of aromatic nitrogens is 2. The van der Waals surface area contributed by atoms with E-state index in [0.29, 0.717) is 23.6 Å². The second kappa shape index (κ2) is 6.71. The predicted molar refractivity (Wildman–Crippen MR) is 92.6 cm³/mol. The van der Waals surface area contributed by atoms with Gasteiger partial charge in [0.2, 0.25) is 0 Å². The number of carbonyl (C=O) groups is 1. The lowest BCUT2D eigenvalue weighted by atomic mass is 9.69. The van der Waals surface area contributed by atoms with Gasteiger partial charge in [-0.15, -0.1) is 5.10 Å². The maximum atomic E-state index is 12.9. The van der Waals surface area contributed by atoms with Gasteiger partial charge < -0.3 is 4.90 Å². The van der Waals surface area contributed by atoms with Crippen molar-refractivity contribution >= 4 is 5.91 Å². The van der Waals surface area contributed by atoms with E-state index in [4.69, 9.17) is 0 Å². The van der Waals surface area contributed by atoms with E-state index in [9.17, 15) is 4.79 Å². The Labute approximate surface area is 142 Å². The van der Waals surface area contributed by atoms with Crippen LogP contribution in [0.25, 0.3) is 0 Å². The van der Waals surface area contributed by atoms with Gasteiger partial charge in [-0.05, 0) is 48.8 Å². The van der Waals surface area contributed by atoms with E-state index in [1.54, 1.807) is 18.3 Å². The molecule has 0 bridgehead atoms. The molecule has 124 valence electrons. The first-order valence-corrected chi connectivity index (χ1v) is 8.98. The zero-order valence-electron chi connectivity index (χ0n) is 13.8. The molecule has 4 rings (SSSR count). The minimum Gasteiger partial charge on any atom is -0.334 e. The lowest BCUT2D eigenvalue weighted by molar-refractivity contribution is 0.0313. The van der Waals surface area contributed by atoms with Crippen molar-refractivity contribution < 1.29 is 4.79 Å². The van der Waals surface area contributed by atoms with Crippen LogP contribution in [0.5, 0.6) is 0 Å². The molecule has 4 heteroatoms. The average Bonchev–Trinajstić information content (AvgIpc) is 2.68. The van der Waals surface area contributed by atoms with Crippen LogP contribution in [0.3, 0.4) is 0 Å². The van der Waals surface area contributed by atoms with E-state index in [2.05, 4.69) is 45.4 Å². The average molecular weight is 321 g/mol. The fourth-order valence-corrected chi connectivity index (χ4v) is 4.58. The van der Waals surface area contributed by atoms with E-state index < -0.39 is 0 Å². The third-order valence-electron chi connectivity index (χ3n) is 5.66. The van der Waals surface area contributed by atoms with Crippen LogP contribution in [0.2, 0.25) is 0 Å². The molecule has 24 heavy (non-hydrogen) atoms. The van der Waals surface area contributed by atoms with Crippen molar-refractivity contribution in [2.24, 2.45) is 5.92 Å². The molecule has 2 fully saturated rings. The zero-order chi connectivity index (χ0) is 16.4. The number of hydrogen-bond acceptors (Lipinski definition) is 3. The molecule has 0 unspecified atom stereocenters. The second-order valence-corrected chi connectivity index (χ2v) is 6.93. The maximum absolute atomic E-state index is 12.9. The highest BCUT2D eigenvalue weighted by molar-refractivity contribution is 5.92. The van der Waals surface area contributed by atoms with Crippen LogP contribution in [0.4, 0.5) is 0 Å². The molecule has 1 aromatic carbocycles. The molecule has 1 amide bonds. The Morgan fingerprint density at radius 2 is 1.83 bits per heavy atom. The minimum absolute atomic E-state index is 0.0477. The molecule has 1 aliphatic heterocycles. The highest BCUT2D eigenvalue weighted by Gasteiger charge is 2.42. The largest absolute Gasteiger partial charge is 0.334 e. The number of amides is 1. The zero-order valence-corrected chi connectivity index (χ0v) is 13.8. The topological polar surface area (TPSA) is 46.1 Å². The summed E-state index contributed by atoms with van der Waals surface area (Å²) in [5.74, 6) is 1.18. The first kappa shape index (κ1) is 15.3. The summed E-state index contributed by atoms with van der Waals surface area (Å²) in [5, 5.41) is 7.90. The number of nitrogens with zero attached hydrogens (tertiary/aromatic N) is 3. The number of hydrogen-bond donors (Lipinski definition) is 0. The first-order chi connectivity index (χ1) is 11.8. The Hall–Kier alpha value is -2.23. The Balaban J connectivity index is 1.60. The number of piperidine rings is 1. The standard InChI is InChI=1S/C20H23N3O/c24-20(18-10-6-13-21-22-18)23-14-12-16(15-7-2-1-3-8-15)17-9-4-5-11-19(17)23/h1-3,6-8,10,13,16-17,19H,4-5,9,11-12,14H2/t16-,17-,19-/m1/s1. The molecule has 2 heterocycles. The Morgan fingerprint density at radius 3 is 2.62 bits per heavy atom. The highest BCUT2D eigenvalue weighted by atomic mass is 16.2. The summed E-state index contributed by atoms with van der Waals surface area (Å²) in [5.41, 5.74) is 1.90. The summed E-state index contributed by atoms with van der Waals surface area (Å²) in [6, 6.07) is 14.7. The summed E-state index contributed by atoms with van der Waals surface area (Å²) in [4.78, 5) is 15.0. The van der Waals surface area contributed by atoms with E-state index in [0.717, 1.165) is 19.4 Å². The Kier molecular flexibility index (Phi) is 4.28. The third-order valence-corrected chi connectivity index (χ3v) is 5.66. The van der Waals surface area contributed by atoms with Gasteiger partial charge in [-0.2, -0.15) is 5.10 Å². The summed E-state index contributed by atoms with van der Waals surface area (Å²) in [6.45, 7) is 0.816. The van der Waals surface area contributed by atoms with Gasteiger partial charge in [0.1, 0.15) is 0 Å². The van der Waals surface area contributed by atoms with Crippen molar-refractivity contribution in [3.63, 3.8) is 0 Å². The fraction of sp³-hybridized carbons (Fsp3) is 0.450.